The van der Waals surface area contributed by atoms with Gasteiger partial charge in [0.15, 0.2) is 0 Å². The molecule has 2 heterocycles. The monoisotopic (exact) mass is 356 g/mol. The number of nitrogens with zero attached hydrogens (tertiary/aromatic N) is 3. The average Bonchev–Trinajstić information content (AvgIpc) is 3.16. The molecule has 1 aromatic heterocycles. The normalized spacial score (nSPS) is 16.9. The summed E-state index contributed by atoms with van der Waals surface area (Å²) in [6.45, 7) is 4.06. The Hall–Kier alpha value is -3.23. The molecule has 1 aromatic carbocycles. The first-order chi connectivity index (χ1) is 12.4. The van der Waals surface area contributed by atoms with Crippen molar-refractivity contribution >= 4 is 23.8 Å². The van der Waals surface area contributed by atoms with Gasteiger partial charge in [0.25, 0.3) is 5.91 Å². The number of carbonyl (C=O) groups excluding carboxylic acids is 3. The lowest BCUT2D eigenvalue weighted by atomic mass is 10.2. The van der Waals surface area contributed by atoms with Crippen LogP contribution < -0.4 is 10.6 Å². The van der Waals surface area contributed by atoms with Gasteiger partial charge in [-0.15, -0.1) is 5.10 Å². The molecule has 0 aliphatic carbocycles. The third-order valence-electron chi connectivity index (χ3n) is 3.98. The highest BCUT2D eigenvalue weighted by Crippen LogP contribution is 2.15. The van der Waals surface area contributed by atoms with Gasteiger partial charge in [-0.3, -0.25) is 24.9 Å². The smallest absolute Gasteiger partial charge is 0.325 e. The van der Waals surface area contributed by atoms with Crippen molar-refractivity contribution in [3.8, 4) is 0 Å². The number of nitrogens with one attached hydrogen (secondary N) is 3. The van der Waals surface area contributed by atoms with Crippen molar-refractivity contribution < 1.29 is 14.4 Å². The molecule has 2 aromatic rings. The van der Waals surface area contributed by atoms with Crippen LogP contribution in [0.5, 0.6) is 0 Å². The minimum absolute atomic E-state index is 0.149. The lowest BCUT2D eigenvalue weighted by Crippen LogP contribution is -2.34. The first-order valence-corrected chi connectivity index (χ1v) is 8.32. The second-order valence-corrected chi connectivity index (χ2v) is 6.36. The maximum atomic E-state index is 12.4. The number of H-pyrrole nitrogens is 1. The Balaban J connectivity index is 1.58. The lowest BCUT2D eigenvalue weighted by Gasteiger charge is -2.12. The third kappa shape index (κ3) is 3.88. The molecule has 0 saturated carbocycles. The summed E-state index contributed by atoms with van der Waals surface area (Å²) in [5, 5.41) is 11.7. The zero-order valence-electron chi connectivity index (χ0n) is 14.5. The molecule has 1 aliphatic rings. The minimum atomic E-state index is -0.894. The van der Waals surface area contributed by atoms with E-state index in [-0.39, 0.29) is 24.8 Å². The Morgan fingerprint density at radius 1 is 1.27 bits per heavy atom. The van der Waals surface area contributed by atoms with Gasteiger partial charge in [0.1, 0.15) is 11.9 Å². The number of amides is 4. The number of urea groups is 1. The summed E-state index contributed by atoms with van der Waals surface area (Å²) in [7, 11) is 0. The van der Waals surface area contributed by atoms with Gasteiger partial charge >= 0.3 is 6.03 Å². The van der Waals surface area contributed by atoms with Crippen LogP contribution in [-0.2, 0) is 16.1 Å². The van der Waals surface area contributed by atoms with Crippen LogP contribution in [0.2, 0.25) is 0 Å². The molecule has 1 unspecified atom stereocenters. The Morgan fingerprint density at radius 2 is 2.00 bits per heavy atom. The van der Waals surface area contributed by atoms with E-state index >= 15 is 0 Å². The molecule has 3 N–H and O–H groups in total. The van der Waals surface area contributed by atoms with E-state index in [1.165, 1.54) is 0 Å². The van der Waals surface area contributed by atoms with Crippen molar-refractivity contribution in [2.45, 2.75) is 38.8 Å². The van der Waals surface area contributed by atoms with Crippen molar-refractivity contribution in [1.29, 1.82) is 0 Å². The summed E-state index contributed by atoms with van der Waals surface area (Å²) >= 11 is 0. The highest BCUT2D eigenvalue weighted by Gasteiger charge is 2.39. The zero-order chi connectivity index (χ0) is 18.7. The third-order valence-corrected chi connectivity index (χ3v) is 3.98. The number of hydrogen-bond acceptors (Lipinski definition) is 5. The molecule has 0 bridgehead atoms. The van der Waals surface area contributed by atoms with Crippen LogP contribution in [-0.4, -0.2) is 44.0 Å². The number of carbonyl (C=O) groups is 3. The maximum Gasteiger partial charge on any atom is 0.325 e. The van der Waals surface area contributed by atoms with Gasteiger partial charge in [0, 0.05) is 5.92 Å². The summed E-state index contributed by atoms with van der Waals surface area (Å²) in [5.41, 5.74) is 0.836. The molecule has 0 spiro atoms. The SMILES string of the molecule is CC(C)c1nc(NC(=O)CC2NC(=O)N(Cc3ccccc3)C2=O)n[nH]1. The predicted octanol–water partition coefficient (Wildman–Crippen LogP) is 1.38. The van der Waals surface area contributed by atoms with E-state index in [1.54, 1.807) is 0 Å². The van der Waals surface area contributed by atoms with Gasteiger partial charge in [-0.05, 0) is 5.56 Å². The summed E-state index contributed by atoms with van der Waals surface area (Å²) in [4.78, 5) is 41.9. The quantitative estimate of drug-likeness (QED) is 0.675. The lowest BCUT2D eigenvalue weighted by molar-refractivity contribution is -0.130. The molecule has 4 amide bonds. The van der Waals surface area contributed by atoms with E-state index < -0.39 is 23.9 Å². The summed E-state index contributed by atoms with van der Waals surface area (Å²) in [6, 6.07) is 7.79. The zero-order valence-corrected chi connectivity index (χ0v) is 14.5. The van der Waals surface area contributed by atoms with Gasteiger partial charge in [0.05, 0.1) is 13.0 Å². The van der Waals surface area contributed by atoms with Crippen molar-refractivity contribution in [3.05, 3.63) is 41.7 Å². The Bertz CT molecular complexity index is 817. The predicted molar refractivity (Wildman–Crippen MR) is 93.0 cm³/mol. The van der Waals surface area contributed by atoms with E-state index in [1.807, 2.05) is 44.2 Å². The summed E-state index contributed by atoms with van der Waals surface area (Å²) < 4.78 is 0. The molecule has 26 heavy (non-hydrogen) atoms. The van der Waals surface area contributed by atoms with Crippen molar-refractivity contribution in [3.63, 3.8) is 0 Å². The standard InChI is InChI=1S/C17H20N6O3/c1-10(2)14-20-16(22-21-14)19-13(24)8-12-15(25)23(17(26)18-12)9-11-6-4-3-5-7-11/h3-7,10,12H,8-9H2,1-2H3,(H,18,26)(H2,19,20,21,22,24). The van der Waals surface area contributed by atoms with Crippen LogP contribution in [0.15, 0.2) is 30.3 Å². The number of rotatable bonds is 6. The number of anilines is 1. The topological polar surface area (TPSA) is 120 Å². The number of aromatic nitrogens is 3. The summed E-state index contributed by atoms with van der Waals surface area (Å²) in [5.74, 6) is 0.0815. The van der Waals surface area contributed by atoms with Crippen LogP contribution in [0.25, 0.3) is 0 Å². The average molecular weight is 356 g/mol. The maximum absolute atomic E-state index is 12.4. The van der Waals surface area contributed by atoms with Gasteiger partial charge < -0.3 is 5.32 Å². The van der Waals surface area contributed by atoms with E-state index in [9.17, 15) is 14.4 Å². The van der Waals surface area contributed by atoms with Crippen LogP contribution in [0, 0.1) is 0 Å². The van der Waals surface area contributed by atoms with Crippen LogP contribution in [0.4, 0.5) is 10.7 Å². The number of imide groups is 1. The summed E-state index contributed by atoms with van der Waals surface area (Å²) in [6.07, 6.45) is -0.179. The number of benzene rings is 1. The van der Waals surface area contributed by atoms with E-state index in [2.05, 4.69) is 25.8 Å². The number of hydrogen-bond donors (Lipinski definition) is 3. The Kier molecular flexibility index (Phi) is 4.97. The first kappa shape index (κ1) is 17.6. The van der Waals surface area contributed by atoms with Crippen molar-refractivity contribution in [2.75, 3.05) is 5.32 Å². The molecule has 1 aliphatic heterocycles. The Morgan fingerprint density at radius 3 is 2.65 bits per heavy atom. The molecule has 1 saturated heterocycles. The molecular weight excluding hydrogens is 336 g/mol. The fourth-order valence-corrected chi connectivity index (χ4v) is 2.58. The fourth-order valence-electron chi connectivity index (χ4n) is 2.58. The second-order valence-electron chi connectivity index (χ2n) is 6.36. The fraction of sp³-hybridized carbons (Fsp3) is 0.353. The highest BCUT2D eigenvalue weighted by molar-refractivity contribution is 6.06. The minimum Gasteiger partial charge on any atom is -0.325 e. The van der Waals surface area contributed by atoms with Gasteiger partial charge in [-0.2, -0.15) is 4.98 Å². The van der Waals surface area contributed by atoms with Crippen molar-refractivity contribution in [1.82, 2.24) is 25.4 Å². The van der Waals surface area contributed by atoms with Crippen LogP contribution in [0.1, 0.15) is 37.6 Å². The van der Waals surface area contributed by atoms with Crippen molar-refractivity contribution in [2.24, 2.45) is 0 Å². The molecule has 136 valence electrons. The van der Waals surface area contributed by atoms with Gasteiger partial charge in [0.2, 0.25) is 11.9 Å². The molecule has 3 rings (SSSR count). The molecule has 9 heteroatoms. The van der Waals surface area contributed by atoms with E-state index in [0.29, 0.717) is 5.82 Å². The van der Waals surface area contributed by atoms with Gasteiger partial charge in [-0.25, -0.2) is 4.79 Å². The van der Waals surface area contributed by atoms with E-state index in [0.717, 1.165) is 10.5 Å². The molecule has 1 atom stereocenters. The Labute approximate surface area is 150 Å². The largest absolute Gasteiger partial charge is 0.325 e. The molecule has 1 fully saturated rings. The second kappa shape index (κ2) is 7.34. The molecular formula is C17H20N6O3. The number of aromatic amines is 1. The van der Waals surface area contributed by atoms with E-state index in [4.69, 9.17) is 0 Å². The highest BCUT2D eigenvalue weighted by atomic mass is 16.2. The van der Waals surface area contributed by atoms with Gasteiger partial charge in [-0.1, -0.05) is 44.2 Å². The molecule has 0 radical (unpaired) electrons. The van der Waals surface area contributed by atoms with Crippen LogP contribution >= 0.6 is 0 Å². The van der Waals surface area contributed by atoms with Crippen LogP contribution in [0.3, 0.4) is 0 Å². The first-order valence-electron chi connectivity index (χ1n) is 8.32. The molecule has 9 nitrogen and oxygen atoms in total.